The second-order valence-electron chi connectivity index (χ2n) is 6.86. The molecule has 0 bridgehead atoms. The number of hydrogen-bond donors (Lipinski definition) is 0. The number of fused-ring (bicyclic) bond motifs is 1. The van der Waals surface area contributed by atoms with Crippen LogP contribution in [0.5, 0.6) is 5.75 Å². The summed E-state index contributed by atoms with van der Waals surface area (Å²) in [5.74, 6) is 0.925. The normalized spacial score (nSPS) is 21.2. The van der Waals surface area contributed by atoms with Gasteiger partial charge in [0.15, 0.2) is 0 Å². The van der Waals surface area contributed by atoms with Gasteiger partial charge in [-0.05, 0) is 79.6 Å². The second-order valence-corrected chi connectivity index (χ2v) is 6.86. The Kier molecular flexibility index (Phi) is 4.09. The van der Waals surface area contributed by atoms with E-state index < -0.39 is 0 Å². The average Bonchev–Trinajstić information content (AvgIpc) is 3.15. The van der Waals surface area contributed by atoms with Crippen LogP contribution in [-0.4, -0.2) is 31.1 Å². The molecule has 1 aliphatic carbocycles. The third-order valence-corrected chi connectivity index (χ3v) is 5.47. The zero-order chi connectivity index (χ0) is 15.6. The molecule has 2 aliphatic rings. The first-order valence-corrected chi connectivity index (χ1v) is 8.84. The lowest BCUT2D eigenvalue weighted by molar-refractivity contribution is 0.222. The maximum absolute atomic E-state index is 5.35. The highest BCUT2D eigenvalue weighted by Crippen LogP contribution is 2.31. The van der Waals surface area contributed by atoms with E-state index in [2.05, 4.69) is 41.3 Å². The van der Waals surface area contributed by atoms with Crippen molar-refractivity contribution < 1.29 is 4.74 Å². The van der Waals surface area contributed by atoms with E-state index in [9.17, 15) is 0 Å². The third-order valence-electron chi connectivity index (χ3n) is 5.47. The summed E-state index contributed by atoms with van der Waals surface area (Å²) in [6.45, 7) is 2.61. The Morgan fingerprint density at radius 1 is 0.957 bits per heavy atom. The second kappa shape index (κ2) is 6.37. The molecule has 2 heteroatoms. The standard InChI is InChI=1S/C21H25NO/c1-23-21-6-4-5-16(15-21)17-7-8-19-14-20(10-9-18(19)13-17)22-11-2-3-12-22/h4-8,13,15,20H,2-3,9-12,14H2,1H3. The van der Waals surface area contributed by atoms with Crippen LogP contribution in [0.3, 0.4) is 0 Å². The van der Waals surface area contributed by atoms with E-state index in [-0.39, 0.29) is 0 Å². The molecule has 0 aromatic heterocycles. The summed E-state index contributed by atoms with van der Waals surface area (Å²) in [6, 6.07) is 16.2. The van der Waals surface area contributed by atoms with Crippen LogP contribution in [0.15, 0.2) is 42.5 Å². The van der Waals surface area contributed by atoms with Crippen molar-refractivity contribution in [3.63, 3.8) is 0 Å². The molecular formula is C21H25NO. The summed E-state index contributed by atoms with van der Waals surface area (Å²) in [7, 11) is 1.73. The molecule has 2 aromatic carbocycles. The summed E-state index contributed by atoms with van der Waals surface area (Å²) < 4.78 is 5.35. The number of nitrogens with zero attached hydrogens (tertiary/aromatic N) is 1. The van der Waals surface area contributed by atoms with Crippen LogP contribution in [0.2, 0.25) is 0 Å². The topological polar surface area (TPSA) is 12.5 Å². The van der Waals surface area contributed by atoms with Crippen molar-refractivity contribution in [2.45, 2.75) is 38.1 Å². The Bertz CT molecular complexity index is 688. The smallest absolute Gasteiger partial charge is 0.119 e. The van der Waals surface area contributed by atoms with Gasteiger partial charge in [-0.15, -0.1) is 0 Å². The number of likely N-dealkylation sites (tertiary alicyclic amines) is 1. The molecule has 23 heavy (non-hydrogen) atoms. The quantitative estimate of drug-likeness (QED) is 0.837. The van der Waals surface area contributed by atoms with Gasteiger partial charge < -0.3 is 9.64 Å². The van der Waals surface area contributed by atoms with Gasteiger partial charge in [0.05, 0.1) is 7.11 Å². The Morgan fingerprint density at radius 3 is 2.61 bits per heavy atom. The van der Waals surface area contributed by atoms with Gasteiger partial charge >= 0.3 is 0 Å². The van der Waals surface area contributed by atoms with E-state index in [1.54, 1.807) is 18.2 Å². The predicted molar refractivity (Wildman–Crippen MR) is 95.1 cm³/mol. The molecule has 2 nitrogen and oxygen atoms in total. The minimum Gasteiger partial charge on any atom is -0.497 e. The van der Waals surface area contributed by atoms with Gasteiger partial charge in [0, 0.05) is 6.04 Å². The van der Waals surface area contributed by atoms with Gasteiger partial charge in [0.2, 0.25) is 0 Å². The summed E-state index contributed by atoms with van der Waals surface area (Å²) in [5.41, 5.74) is 5.65. The fraction of sp³-hybridized carbons (Fsp3) is 0.429. The summed E-state index contributed by atoms with van der Waals surface area (Å²) >= 11 is 0. The van der Waals surface area contributed by atoms with Gasteiger partial charge in [-0.25, -0.2) is 0 Å². The van der Waals surface area contributed by atoms with Crippen molar-refractivity contribution >= 4 is 0 Å². The number of aryl methyl sites for hydroxylation is 1. The highest BCUT2D eigenvalue weighted by molar-refractivity contribution is 5.66. The van der Waals surface area contributed by atoms with Crippen molar-refractivity contribution in [3.8, 4) is 16.9 Å². The molecule has 0 amide bonds. The van der Waals surface area contributed by atoms with E-state index in [4.69, 9.17) is 4.74 Å². The first kappa shape index (κ1) is 14.8. The van der Waals surface area contributed by atoms with Crippen molar-refractivity contribution in [2.24, 2.45) is 0 Å². The summed E-state index contributed by atoms with van der Waals surface area (Å²) in [4.78, 5) is 2.71. The minimum atomic E-state index is 0.771. The highest BCUT2D eigenvalue weighted by Gasteiger charge is 2.26. The molecule has 0 radical (unpaired) electrons. The number of hydrogen-bond acceptors (Lipinski definition) is 2. The molecule has 1 aliphatic heterocycles. The Labute approximate surface area is 139 Å². The van der Waals surface area contributed by atoms with Crippen LogP contribution in [-0.2, 0) is 12.8 Å². The third kappa shape index (κ3) is 3.00. The summed E-state index contributed by atoms with van der Waals surface area (Å²) in [5, 5.41) is 0. The molecule has 1 saturated heterocycles. The van der Waals surface area contributed by atoms with Crippen LogP contribution in [0, 0.1) is 0 Å². The number of ether oxygens (including phenoxy) is 1. The molecule has 1 atom stereocenters. The van der Waals surface area contributed by atoms with E-state index >= 15 is 0 Å². The largest absolute Gasteiger partial charge is 0.497 e. The fourth-order valence-electron chi connectivity index (χ4n) is 4.14. The highest BCUT2D eigenvalue weighted by atomic mass is 16.5. The first-order chi connectivity index (χ1) is 11.3. The van der Waals surface area contributed by atoms with Crippen molar-refractivity contribution in [1.29, 1.82) is 0 Å². The van der Waals surface area contributed by atoms with Crippen LogP contribution in [0.25, 0.3) is 11.1 Å². The Hall–Kier alpha value is -1.80. The molecule has 0 N–H and O–H groups in total. The number of benzene rings is 2. The maximum atomic E-state index is 5.35. The monoisotopic (exact) mass is 307 g/mol. The molecule has 1 heterocycles. The lowest BCUT2D eigenvalue weighted by Crippen LogP contribution is -2.37. The van der Waals surface area contributed by atoms with Crippen LogP contribution in [0.1, 0.15) is 30.4 Å². The molecule has 0 spiro atoms. The summed E-state index contributed by atoms with van der Waals surface area (Å²) in [6.07, 6.45) is 6.53. The van der Waals surface area contributed by atoms with Gasteiger partial charge in [-0.3, -0.25) is 0 Å². The van der Waals surface area contributed by atoms with Gasteiger partial charge in [0.25, 0.3) is 0 Å². The van der Waals surface area contributed by atoms with E-state index in [0.717, 1.165) is 11.8 Å². The zero-order valence-electron chi connectivity index (χ0n) is 13.9. The molecule has 0 saturated carbocycles. The average molecular weight is 307 g/mol. The minimum absolute atomic E-state index is 0.771. The molecule has 4 rings (SSSR count). The first-order valence-electron chi connectivity index (χ1n) is 8.84. The van der Waals surface area contributed by atoms with Crippen molar-refractivity contribution in [3.05, 3.63) is 53.6 Å². The van der Waals surface area contributed by atoms with E-state index in [1.807, 2.05) is 6.07 Å². The van der Waals surface area contributed by atoms with E-state index in [0.29, 0.717) is 0 Å². The lowest BCUT2D eigenvalue weighted by atomic mass is 9.85. The predicted octanol–water partition coefficient (Wildman–Crippen LogP) is 4.32. The Morgan fingerprint density at radius 2 is 1.78 bits per heavy atom. The molecular weight excluding hydrogens is 282 g/mol. The van der Waals surface area contributed by atoms with Crippen molar-refractivity contribution in [1.82, 2.24) is 4.90 Å². The lowest BCUT2D eigenvalue weighted by Gasteiger charge is -2.32. The number of rotatable bonds is 3. The van der Waals surface area contributed by atoms with Crippen LogP contribution < -0.4 is 4.74 Å². The van der Waals surface area contributed by atoms with Gasteiger partial charge in [-0.1, -0.05) is 30.3 Å². The SMILES string of the molecule is COc1cccc(-c2ccc3c(c2)CCC(N2CCCC2)C3)c1. The number of methoxy groups -OCH3 is 1. The van der Waals surface area contributed by atoms with E-state index in [1.165, 1.54) is 56.3 Å². The van der Waals surface area contributed by atoms with Gasteiger partial charge in [0.1, 0.15) is 5.75 Å². The maximum Gasteiger partial charge on any atom is 0.119 e. The molecule has 120 valence electrons. The molecule has 2 aromatic rings. The van der Waals surface area contributed by atoms with Crippen molar-refractivity contribution in [2.75, 3.05) is 20.2 Å². The Balaban J connectivity index is 1.57. The zero-order valence-corrected chi connectivity index (χ0v) is 13.9. The molecule has 1 unspecified atom stereocenters. The van der Waals surface area contributed by atoms with Crippen LogP contribution in [0.4, 0.5) is 0 Å². The fourth-order valence-corrected chi connectivity index (χ4v) is 4.14. The molecule has 1 fully saturated rings. The van der Waals surface area contributed by atoms with Crippen LogP contribution >= 0.6 is 0 Å². The van der Waals surface area contributed by atoms with Gasteiger partial charge in [-0.2, -0.15) is 0 Å².